The number of hydrogen-bond acceptors (Lipinski definition) is 4. The van der Waals surface area contributed by atoms with E-state index >= 15 is 0 Å². The van der Waals surface area contributed by atoms with Crippen LogP contribution in [0.3, 0.4) is 0 Å². The highest BCUT2D eigenvalue weighted by Crippen LogP contribution is 2.28. The van der Waals surface area contributed by atoms with Crippen LogP contribution in [0.4, 0.5) is 0 Å². The third kappa shape index (κ3) is 2.81. The second kappa shape index (κ2) is 6.06. The van der Waals surface area contributed by atoms with Gasteiger partial charge in [0, 0.05) is 11.3 Å². The second-order valence-corrected chi connectivity index (χ2v) is 5.24. The van der Waals surface area contributed by atoms with Gasteiger partial charge >= 0.3 is 0 Å². The minimum Gasteiger partial charge on any atom is -0.304 e. The Labute approximate surface area is 128 Å². The van der Waals surface area contributed by atoms with Crippen LogP contribution in [0.1, 0.15) is 47.6 Å². The maximum atomic E-state index is 9.00. The highest BCUT2D eigenvalue weighted by atomic mass is 35.5. The van der Waals surface area contributed by atoms with Crippen molar-refractivity contribution >= 4 is 17.3 Å². The standard InChI is InChI=1S/C15H16ClN5/c1-4-11(15-19-9(3)20-21-15)14(18)12-6-5-10(7-17)13(16)8(12)2/h5-6,11,18H,4H2,1-3H3,(H,19,20,21). The fraction of sp³-hybridized carbons (Fsp3) is 0.333. The van der Waals surface area contributed by atoms with Crippen molar-refractivity contribution in [1.82, 2.24) is 15.2 Å². The Balaban J connectivity index is 2.44. The maximum absolute atomic E-state index is 9.00. The van der Waals surface area contributed by atoms with E-state index in [0.29, 0.717) is 28.5 Å². The van der Waals surface area contributed by atoms with Crippen molar-refractivity contribution in [2.24, 2.45) is 0 Å². The molecule has 1 atom stereocenters. The average Bonchev–Trinajstić information content (AvgIpc) is 2.89. The molecule has 0 fully saturated rings. The van der Waals surface area contributed by atoms with E-state index in [1.807, 2.05) is 26.8 Å². The van der Waals surface area contributed by atoms with E-state index in [2.05, 4.69) is 15.2 Å². The van der Waals surface area contributed by atoms with Crippen LogP contribution in [0, 0.1) is 30.6 Å². The van der Waals surface area contributed by atoms with Crippen molar-refractivity contribution in [1.29, 1.82) is 10.7 Å². The van der Waals surface area contributed by atoms with Crippen molar-refractivity contribution in [3.05, 3.63) is 45.5 Å². The zero-order valence-electron chi connectivity index (χ0n) is 12.2. The fourth-order valence-electron chi connectivity index (χ4n) is 2.28. The third-order valence-corrected chi connectivity index (χ3v) is 3.97. The number of benzene rings is 1. The number of aromatic nitrogens is 3. The Hall–Kier alpha value is -2.19. The van der Waals surface area contributed by atoms with E-state index in [1.54, 1.807) is 12.1 Å². The van der Waals surface area contributed by atoms with Crippen molar-refractivity contribution < 1.29 is 0 Å². The van der Waals surface area contributed by atoms with Crippen molar-refractivity contribution in [2.45, 2.75) is 33.1 Å². The summed E-state index contributed by atoms with van der Waals surface area (Å²) in [4.78, 5) is 4.32. The molecule has 0 bridgehead atoms. The van der Waals surface area contributed by atoms with E-state index in [0.717, 1.165) is 17.0 Å². The molecule has 6 heteroatoms. The van der Waals surface area contributed by atoms with Gasteiger partial charge in [0.05, 0.1) is 16.5 Å². The molecular weight excluding hydrogens is 286 g/mol. The van der Waals surface area contributed by atoms with E-state index < -0.39 is 0 Å². The zero-order chi connectivity index (χ0) is 15.6. The molecule has 0 amide bonds. The van der Waals surface area contributed by atoms with Gasteiger partial charge in [-0.25, -0.2) is 4.98 Å². The Morgan fingerprint density at radius 1 is 1.48 bits per heavy atom. The largest absolute Gasteiger partial charge is 0.304 e. The van der Waals surface area contributed by atoms with Gasteiger partial charge in [-0.3, -0.25) is 5.10 Å². The fourth-order valence-corrected chi connectivity index (χ4v) is 2.49. The van der Waals surface area contributed by atoms with E-state index in [-0.39, 0.29) is 5.92 Å². The highest BCUT2D eigenvalue weighted by Gasteiger charge is 2.23. The molecule has 0 aliphatic carbocycles. The van der Waals surface area contributed by atoms with E-state index in [1.165, 1.54) is 0 Å². The molecule has 0 saturated heterocycles. The number of aromatic amines is 1. The number of nitrogens with one attached hydrogen (secondary N) is 2. The lowest BCUT2D eigenvalue weighted by Crippen LogP contribution is -2.15. The molecule has 0 saturated carbocycles. The molecule has 1 heterocycles. The molecule has 1 aromatic heterocycles. The first-order valence-corrected chi connectivity index (χ1v) is 7.04. The van der Waals surface area contributed by atoms with Crippen LogP contribution in [0.25, 0.3) is 0 Å². The third-order valence-electron chi connectivity index (χ3n) is 3.48. The first-order valence-electron chi connectivity index (χ1n) is 6.66. The Bertz CT molecular complexity index is 726. The molecular formula is C15H16ClN5. The van der Waals surface area contributed by atoms with Gasteiger partial charge in [-0.15, -0.1) is 0 Å². The van der Waals surface area contributed by atoms with Gasteiger partial charge in [-0.1, -0.05) is 24.6 Å². The summed E-state index contributed by atoms with van der Waals surface area (Å²) >= 11 is 6.18. The number of nitrogens with zero attached hydrogens (tertiary/aromatic N) is 3. The predicted molar refractivity (Wildman–Crippen MR) is 81.9 cm³/mol. The molecule has 1 aromatic carbocycles. The first kappa shape index (κ1) is 15.2. The van der Waals surface area contributed by atoms with Gasteiger partial charge < -0.3 is 5.41 Å². The minimum atomic E-state index is -0.197. The first-order chi connectivity index (χ1) is 9.99. The molecule has 21 heavy (non-hydrogen) atoms. The molecule has 0 spiro atoms. The smallest absolute Gasteiger partial charge is 0.159 e. The molecule has 2 N–H and O–H groups in total. The molecule has 1 unspecified atom stereocenters. The maximum Gasteiger partial charge on any atom is 0.159 e. The Morgan fingerprint density at radius 3 is 2.71 bits per heavy atom. The molecule has 5 nitrogen and oxygen atoms in total. The summed E-state index contributed by atoms with van der Waals surface area (Å²) in [5.41, 5.74) is 2.31. The number of H-pyrrole nitrogens is 1. The van der Waals surface area contributed by atoms with Crippen molar-refractivity contribution in [3.63, 3.8) is 0 Å². The lowest BCUT2D eigenvalue weighted by atomic mass is 9.90. The zero-order valence-corrected chi connectivity index (χ0v) is 12.9. The summed E-state index contributed by atoms with van der Waals surface area (Å²) in [5, 5.41) is 24.8. The number of nitriles is 1. The van der Waals surface area contributed by atoms with E-state index in [4.69, 9.17) is 22.3 Å². The molecule has 2 rings (SSSR count). The van der Waals surface area contributed by atoms with Crippen molar-refractivity contribution in [3.8, 4) is 6.07 Å². The second-order valence-electron chi connectivity index (χ2n) is 4.86. The normalized spacial score (nSPS) is 12.0. The quantitative estimate of drug-likeness (QED) is 0.847. The minimum absolute atomic E-state index is 0.197. The molecule has 108 valence electrons. The van der Waals surface area contributed by atoms with Crippen LogP contribution in [0.2, 0.25) is 5.02 Å². The van der Waals surface area contributed by atoms with Gasteiger partial charge in [0.25, 0.3) is 0 Å². The van der Waals surface area contributed by atoms with Gasteiger partial charge in [-0.2, -0.15) is 10.4 Å². The van der Waals surface area contributed by atoms with Gasteiger partial charge in [-0.05, 0) is 31.9 Å². The van der Waals surface area contributed by atoms with Gasteiger partial charge in [0.15, 0.2) is 5.82 Å². The average molecular weight is 302 g/mol. The van der Waals surface area contributed by atoms with Crippen LogP contribution in [0.5, 0.6) is 0 Å². The number of rotatable bonds is 4. The highest BCUT2D eigenvalue weighted by molar-refractivity contribution is 6.33. The van der Waals surface area contributed by atoms with Crippen LogP contribution < -0.4 is 0 Å². The molecule has 2 aromatic rings. The monoisotopic (exact) mass is 301 g/mol. The molecule has 0 aliphatic heterocycles. The van der Waals surface area contributed by atoms with Crippen LogP contribution >= 0.6 is 11.6 Å². The Morgan fingerprint density at radius 2 is 2.19 bits per heavy atom. The number of hydrogen-bond donors (Lipinski definition) is 2. The summed E-state index contributed by atoms with van der Waals surface area (Å²) in [6.45, 7) is 5.64. The summed E-state index contributed by atoms with van der Waals surface area (Å²) in [7, 11) is 0. The predicted octanol–water partition coefficient (Wildman–Crippen LogP) is 3.51. The number of halogens is 1. The summed E-state index contributed by atoms with van der Waals surface area (Å²) in [6, 6.07) is 5.46. The van der Waals surface area contributed by atoms with Gasteiger partial charge in [0.1, 0.15) is 11.9 Å². The Kier molecular flexibility index (Phi) is 4.39. The summed E-state index contributed by atoms with van der Waals surface area (Å²) in [5.74, 6) is 1.14. The van der Waals surface area contributed by atoms with E-state index in [9.17, 15) is 0 Å². The lowest BCUT2D eigenvalue weighted by molar-refractivity contribution is 0.773. The molecule has 0 radical (unpaired) electrons. The van der Waals surface area contributed by atoms with Crippen LogP contribution in [0.15, 0.2) is 12.1 Å². The lowest BCUT2D eigenvalue weighted by Gasteiger charge is -2.16. The SMILES string of the molecule is CCC(C(=N)c1ccc(C#N)c(Cl)c1C)c1n[nH]c(C)n1. The van der Waals surface area contributed by atoms with Crippen LogP contribution in [-0.4, -0.2) is 20.9 Å². The topological polar surface area (TPSA) is 89.2 Å². The van der Waals surface area contributed by atoms with Crippen molar-refractivity contribution in [2.75, 3.05) is 0 Å². The summed E-state index contributed by atoms with van der Waals surface area (Å²) < 4.78 is 0. The summed E-state index contributed by atoms with van der Waals surface area (Å²) in [6.07, 6.45) is 0.715. The molecule has 0 aliphatic rings. The van der Waals surface area contributed by atoms with Gasteiger partial charge in [0.2, 0.25) is 0 Å². The van der Waals surface area contributed by atoms with Crippen LogP contribution in [-0.2, 0) is 0 Å². The number of aryl methyl sites for hydroxylation is 1.